The van der Waals surface area contributed by atoms with Crippen LogP contribution >= 0.6 is 0 Å². The third-order valence-corrected chi connectivity index (χ3v) is 3.52. The number of hydrogen-bond acceptors (Lipinski definition) is 4. The highest BCUT2D eigenvalue weighted by molar-refractivity contribution is 5.92. The molecule has 0 spiro atoms. The van der Waals surface area contributed by atoms with E-state index in [1.807, 2.05) is 6.07 Å². The molecule has 0 saturated carbocycles. The lowest BCUT2D eigenvalue weighted by atomic mass is 10.0. The number of aromatic carboxylic acids is 1. The largest absolute Gasteiger partial charge is 0.476 e. The second kappa shape index (κ2) is 5.35. The summed E-state index contributed by atoms with van der Waals surface area (Å²) in [6.45, 7) is 1.77. The van der Waals surface area contributed by atoms with Crippen LogP contribution in [0.5, 0.6) is 0 Å². The van der Waals surface area contributed by atoms with Crippen molar-refractivity contribution in [3.05, 3.63) is 24.0 Å². The van der Waals surface area contributed by atoms with E-state index < -0.39 is 5.97 Å². The van der Waals surface area contributed by atoms with Crippen molar-refractivity contribution >= 4 is 11.7 Å². The maximum Gasteiger partial charge on any atom is 0.356 e. The Labute approximate surface area is 107 Å². The summed E-state index contributed by atoms with van der Waals surface area (Å²) in [5.41, 5.74) is 0.892. The van der Waals surface area contributed by atoms with Crippen LogP contribution in [-0.2, 0) is 0 Å². The molecule has 0 bridgehead atoms. The molecule has 2 rings (SSSR count). The first-order chi connectivity index (χ1) is 8.59. The van der Waals surface area contributed by atoms with Gasteiger partial charge in [0.25, 0.3) is 0 Å². The van der Waals surface area contributed by atoms with Gasteiger partial charge >= 0.3 is 5.97 Å². The molecule has 18 heavy (non-hydrogen) atoms. The number of rotatable bonds is 3. The maximum absolute atomic E-state index is 11.1. The van der Waals surface area contributed by atoms with E-state index >= 15 is 0 Å². The number of carbonyl (C=O) groups is 1. The Bertz CT molecular complexity index is 426. The number of anilines is 1. The molecular weight excluding hydrogens is 230 g/mol. The summed E-state index contributed by atoms with van der Waals surface area (Å²) in [6.07, 6.45) is 3.64. The summed E-state index contributed by atoms with van der Waals surface area (Å²) < 4.78 is 0. The summed E-state index contributed by atoms with van der Waals surface area (Å²) in [7, 11) is 4.18. The van der Waals surface area contributed by atoms with Gasteiger partial charge in [-0.15, -0.1) is 0 Å². The zero-order valence-electron chi connectivity index (χ0n) is 10.8. The Hall–Kier alpha value is -1.62. The Morgan fingerprint density at radius 2 is 2.11 bits per heavy atom. The molecule has 98 valence electrons. The molecule has 1 aromatic rings. The monoisotopic (exact) mass is 249 g/mol. The van der Waals surface area contributed by atoms with E-state index in [2.05, 4.69) is 28.9 Å². The van der Waals surface area contributed by atoms with Gasteiger partial charge in [-0.1, -0.05) is 0 Å². The van der Waals surface area contributed by atoms with Gasteiger partial charge in [-0.25, -0.2) is 9.78 Å². The molecule has 1 saturated heterocycles. The van der Waals surface area contributed by atoms with Crippen LogP contribution in [0, 0.1) is 0 Å². The Morgan fingerprint density at radius 1 is 1.44 bits per heavy atom. The lowest BCUT2D eigenvalue weighted by molar-refractivity contribution is 0.0691. The molecule has 1 aliphatic heterocycles. The Kier molecular flexibility index (Phi) is 3.81. The van der Waals surface area contributed by atoms with Crippen LogP contribution in [-0.4, -0.2) is 54.2 Å². The smallest absolute Gasteiger partial charge is 0.356 e. The highest BCUT2D eigenvalue weighted by atomic mass is 16.4. The first-order valence-corrected chi connectivity index (χ1v) is 6.19. The second-order valence-electron chi connectivity index (χ2n) is 4.86. The predicted molar refractivity (Wildman–Crippen MR) is 70.1 cm³/mol. The first kappa shape index (κ1) is 12.8. The zero-order valence-corrected chi connectivity index (χ0v) is 10.8. The van der Waals surface area contributed by atoms with Crippen molar-refractivity contribution < 1.29 is 9.90 Å². The van der Waals surface area contributed by atoms with Crippen molar-refractivity contribution in [2.45, 2.75) is 18.9 Å². The van der Waals surface area contributed by atoms with Gasteiger partial charge in [0.05, 0.1) is 5.69 Å². The highest BCUT2D eigenvalue weighted by Crippen LogP contribution is 2.23. The second-order valence-corrected chi connectivity index (χ2v) is 4.86. The molecule has 2 heterocycles. The minimum absolute atomic E-state index is 0.154. The predicted octanol–water partition coefficient (Wildman–Crippen LogP) is 1.31. The lowest BCUT2D eigenvalue weighted by Crippen LogP contribution is -2.42. The number of nitrogens with zero attached hydrogens (tertiary/aromatic N) is 3. The van der Waals surface area contributed by atoms with E-state index in [0.29, 0.717) is 6.04 Å². The summed E-state index contributed by atoms with van der Waals surface area (Å²) >= 11 is 0. The first-order valence-electron chi connectivity index (χ1n) is 6.19. The van der Waals surface area contributed by atoms with Gasteiger partial charge in [-0.05, 0) is 39.1 Å². The maximum atomic E-state index is 11.1. The molecule has 0 unspecified atom stereocenters. The normalized spacial score (nSPS) is 17.2. The molecule has 0 amide bonds. The van der Waals surface area contributed by atoms with Crippen molar-refractivity contribution in [1.82, 2.24) is 9.88 Å². The van der Waals surface area contributed by atoms with E-state index in [1.54, 1.807) is 6.07 Å². The van der Waals surface area contributed by atoms with Crippen molar-refractivity contribution in [1.29, 1.82) is 0 Å². The number of pyridine rings is 1. The molecule has 5 nitrogen and oxygen atoms in total. The summed E-state index contributed by atoms with van der Waals surface area (Å²) in [5.74, 6) is -0.958. The third-order valence-electron chi connectivity index (χ3n) is 3.52. The van der Waals surface area contributed by atoms with Crippen LogP contribution in [0.2, 0.25) is 0 Å². The SMILES string of the molecule is CN(C)C1CCN(c2cccnc2C(=O)O)CC1. The van der Waals surface area contributed by atoms with Gasteiger partial charge in [-0.2, -0.15) is 0 Å². The quantitative estimate of drug-likeness (QED) is 0.875. The van der Waals surface area contributed by atoms with Crippen molar-refractivity contribution in [3.63, 3.8) is 0 Å². The van der Waals surface area contributed by atoms with Crippen LogP contribution in [0.15, 0.2) is 18.3 Å². The fourth-order valence-corrected chi connectivity index (χ4v) is 2.44. The number of carboxylic acid groups (broad SMARTS) is 1. The van der Waals surface area contributed by atoms with Gasteiger partial charge in [-0.3, -0.25) is 0 Å². The van der Waals surface area contributed by atoms with Crippen LogP contribution in [0.3, 0.4) is 0 Å². The number of aromatic nitrogens is 1. The van der Waals surface area contributed by atoms with E-state index in [4.69, 9.17) is 5.11 Å². The van der Waals surface area contributed by atoms with E-state index in [1.165, 1.54) is 6.20 Å². The van der Waals surface area contributed by atoms with Crippen LogP contribution in [0.25, 0.3) is 0 Å². The topological polar surface area (TPSA) is 56.7 Å². The molecule has 1 N–H and O–H groups in total. The summed E-state index contributed by atoms with van der Waals surface area (Å²) in [5, 5.41) is 9.14. The number of piperidine rings is 1. The molecule has 0 radical (unpaired) electrons. The van der Waals surface area contributed by atoms with Gasteiger partial charge < -0.3 is 14.9 Å². The summed E-state index contributed by atoms with van der Waals surface area (Å²) in [6, 6.07) is 4.22. The van der Waals surface area contributed by atoms with Gasteiger partial charge in [0.15, 0.2) is 5.69 Å². The molecule has 1 aromatic heterocycles. The molecule has 5 heteroatoms. The van der Waals surface area contributed by atoms with Crippen molar-refractivity contribution in [2.75, 3.05) is 32.1 Å². The molecule has 1 aliphatic rings. The molecule has 0 aliphatic carbocycles. The molecule has 1 fully saturated rings. The standard InChI is InChI=1S/C13H19N3O2/c1-15(2)10-5-8-16(9-6-10)11-4-3-7-14-12(11)13(17)18/h3-4,7,10H,5-6,8-9H2,1-2H3,(H,17,18). The lowest BCUT2D eigenvalue weighted by Gasteiger charge is -2.36. The number of carboxylic acids is 1. The van der Waals surface area contributed by atoms with Crippen molar-refractivity contribution in [3.8, 4) is 0 Å². The fourth-order valence-electron chi connectivity index (χ4n) is 2.44. The molecule has 0 atom stereocenters. The number of hydrogen-bond donors (Lipinski definition) is 1. The summed E-state index contributed by atoms with van der Waals surface area (Å²) in [4.78, 5) is 19.5. The van der Waals surface area contributed by atoms with Crippen molar-refractivity contribution in [2.24, 2.45) is 0 Å². The molecule has 0 aromatic carbocycles. The van der Waals surface area contributed by atoms with Gasteiger partial charge in [0, 0.05) is 25.3 Å². The van der Waals surface area contributed by atoms with E-state index in [9.17, 15) is 4.79 Å². The van der Waals surface area contributed by atoms with Gasteiger partial charge in [0.1, 0.15) is 0 Å². The van der Waals surface area contributed by atoms with Crippen LogP contribution in [0.1, 0.15) is 23.3 Å². The van der Waals surface area contributed by atoms with Crippen LogP contribution in [0.4, 0.5) is 5.69 Å². The Balaban J connectivity index is 2.12. The highest BCUT2D eigenvalue weighted by Gasteiger charge is 2.24. The average molecular weight is 249 g/mol. The molecular formula is C13H19N3O2. The minimum Gasteiger partial charge on any atom is -0.476 e. The average Bonchev–Trinajstić information content (AvgIpc) is 2.39. The fraction of sp³-hybridized carbons (Fsp3) is 0.538. The van der Waals surface area contributed by atoms with E-state index in [-0.39, 0.29) is 5.69 Å². The van der Waals surface area contributed by atoms with Crippen LogP contribution < -0.4 is 4.90 Å². The minimum atomic E-state index is -0.958. The third kappa shape index (κ3) is 2.61. The van der Waals surface area contributed by atoms with E-state index in [0.717, 1.165) is 31.6 Å². The van der Waals surface area contributed by atoms with Gasteiger partial charge in [0.2, 0.25) is 0 Å². The Morgan fingerprint density at radius 3 is 2.67 bits per heavy atom. The zero-order chi connectivity index (χ0) is 13.1.